The third kappa shape index (κ3) is 5.37. The Kier molecular flexibility index (Phi) is 7.34. The van der Waals surface area contributed by atoms with E-state index in [-0.39, 0.29) is 21.7 Å². The topological polar surface area (TPSA) is 107 Å². The number of ketones is 1. The number of hydrogen-bond donors (Lipinski definition) is 0. The highest BCUT2D eigenvalue weighted by atomic mass is 35.5. The molecule has 32 heavy (non-hydrogen) atoms. The Bertz CT molecular complexity index is 1180. The molecule has 0 saturated heterocycles. The Labute approximate surface area is 192 Å². The number of rotatable bonds is 8. The van der Waals surface area contributed by atoms with Gasteiger partial charge in [-0.15, -0.1) is 0 Å². The van der Waals surface area contributed by atoms with Gasteiger partial charge < -0.3 is 9.64 Å². The predicted molar refractivity (Wildman–Crippen MR) is 119 cm³/mol. The quantitative estimate of drug-likeness (QED) is 0.209. The summed E-state index contributed by atoms with van der Waals surface area (Å²) in [5.41, 5.74) is 0.478. The second-order valence-corrected chi connectivity index (χ2v) is 7.94. The van der Waals surface area contributed by atoms with Crippen molar-refractivity contribution >= 4 is 46.3 Å². The molecule has 2 aromatic carbocycles. The molecule has 10 heteroatoms. The second kappa shape index (κ2) is 10.2. The molecule has 0 bridgehead atoms. The second-order valence-electron chi connectivity index (χ2n) is 6.76. The smallest absolute Gasteiger partial charge is 0.339 e. The van der Waals surface area contributed by atoms with Crippen LogP contribution in [0.4, 0.5) is 5.69 Å². The van der Waals surface area contributed by atoms with Crippen molar-refractivity contribution in [2.24, 2.45) is 0 Å². The van der Waals surface area contributed by atoms with E-state index in [0.717, 1.165) is 11.6 Å². The molecule has 0 radical (unpaired) electrons. The van der Waals surface area contributed by atoms with Crippen LogP contribution in [0.1, 0.15) is 31.8 Å². The highest BCUT2D eigenvalue weighted by Crippen LogP contribution is 2.27. The number of nitro benzene ring substituents is 1. The molecule has 8 nitrogen and oxygen atoms in total. The largest absolute Gasteiger partial charge is 0.452 e. The van der Waals surface area contributed by atoms with E-state index in [1.165, 1.54) is 40.5 Å². The molecule has 0 spiro atoms. The summed E-state index contributed by atoms with van der Waals surface area (Å²) in [6, 6.07) is 11.4. The number of thiophene rings is 1. The van der Waals surface area contributed by atoms with Gasteiger partial charge in [-0.25, -0.2) is 4.79 Å². The molecule has 3 rings (SSSR count). The van der Waals surface area contributed by atoms with Crippen molar-refractivity contribution < 1.29 is 24.0 Å². The van der Waals surface area contributed by atoms with E-state index in [0.29, 0.717) is 6.54 Å². The first-order valence-corrected chi connectivity index (χ1v) is 10.6. The van der Waals surface area contributed by atoms with Crippen molar-refractivity contribution in [2.75, 3.05) is 13.7 Å². The molecule has 0 fully saturated rings. The molecule has 1 amide bonds. The van der Waals surface area contributed by atoms with Crippen molar-refractivity contribution in [3.8, 4) is 0 Å². The highest BCUT2D eigenvalue weighted by Gasteiger charge is 2.23. The molecule has 3 aromatic rings. The van der Waals surface area contributed by atoms with E-state index in [1.54, 1.807) is 19.2 Å². The van der Waals surface area contributed by atoms with Crippen molar-refractivity contribution in [3.05, 3.63) is 96.7 Å². The number of nitrogens with zero attached hydrogens (tertiary/aromatic N) is 2. The zero-order valence-corrected chi connectivity index (χ0v) is 18.4. The van der Waals surface area contributed by atoms with Crippen molar-refractivity contribution in [1.29, 1.82) is 0 Å². The van der Waals surface area contributed by atoms with Gasteiger partial charge >= 0.3 is 5.97 Å². The Hall–Kier alpha value is -3.56. The van der Waals surface area contributed by atoms with Crippen LogP contribution in [-0.2, 0) is 16.1 Å². The standard InChI is InChI=1S/C22H17ClN2O6S/c1-24(11-14-8-9-32-13-14)20(26)12-31-22(28)17-5-3-2-4-16(17)21(27)15-6-7-18(23)19(10-15)25(29)30/h2-10,13H,11-12H2,1H3. The molecular formula is C22H17ClN2O6S. The Balaban J connectivity index is 1.74. The molecule has 0 saturated carbocycles. The molecule has 164 valence electrons. The van der Waals surface area contributed by atoms with Crippen molar-refractivity contribution in [1.82, 2.24) is 4.90 Å². The maximum absolute atomic E-state index is 12.9. The molecular weight excluding hydrogens is 456 g/mol. The first kappa shape index (κ1) is 23.1. The third-order valence-corrected chi connectivity index (χ3v) is 5.60. The van der Waals surface area contributed by atoms with E-state index in [4.69, 9.17) is 16.3 Å². The first-order chi connectivity index (χ1) is 15.3. The van der Waals surface area contributed by atoms with Crippen molar-refractivity contribution in [2.45, 2.75) is 6.54 Å². The summed E-state index contributed by atoms with van der Waals surface area (Å²) in [5.74, 6) is -1.87. The number of ether oxygens (including phenoxy) is 1. The molecule has 0 aliphatic heterocycles. The van der Waals surface area contributed by atoms with Crippen LogP contribution in [0.15, 0.2) is 59.3 Å². The Morgan fingerprint density at radius 3 is 2.50 bits per heavy atom. The van der Waals surface area contributed by atoms with Crippen molar-refractivity contribution in [3.63, 3.8) is 0 Å². The van der Waals surface area contributed by atoms with Gasteiger partial charge in [-0.3, -0.25) is 19.7 Å². The maximum Gasteiger partial charge on any atom is 0.339 e. The first-order valence-electron chi connectivity index (χ1n) is 9.27. The van der Waals surface area contributed by atoms with E-state index in [9.17, 15) is 24.5 Å². The number of likely N-dealkylation sites (N-methyl/N-ethyl adjacent to an activating group) is 1. The fourth-order valence-corrected chi connectivity index (χ4v) is 3.71. The number of carbonyl (C=O) groups is 3. The zero-order valence-electron chi connectivity index (χ0n) is 16.8. The number of esters is 1. The summed E-state index contributed by atoms with van der Waals surface area (Å²) in [7, 11) is 1.60. The number of hydrogen-bond acceptors (Lipinski definition) is 7. The monoisotopic (exact) mass is 472 g/mol. The normalized spacial score (nSPS) is 10.4. The van der Waals surface area contributed by atoms with Gasteiger partial charge in [-0.1, -0.05) is 29.8 Å². The summed E-state index contributed by atoms with van der Waals surface area (Å²) < 4.78 is 5.13. The lowest BCUT2D eigenvalue weighted by Gasteiger charge is -2.16. The van der Waals surface area contributed by atoms with Crippen LogP contribution < -0.4 is 0 Å². The minimum absolute atomic E-state index is 0.00630. The van der Waals surface area contributed by atoms with Crippen LogP contribution in [0.5, 0.6) is 0 Å². The van der Waals surface area contributed by atoms with Crippen LogP contribution in [0.2, 0.25) is 5.02 Å². The van der Waals surface area contributed by atoms with E-state index in [2.05, 4.69) is 0 Å². The number of nitro groups is 1. The summed E-state index contributed by atoms with van der Waals surface area (Å²) in [4.78, 5) is 49.7. The SMILES string of the molecule is CN(Cc1ccsc1)C(=O)COC(=O)c1ccccc1C(=O)c1ccc(Cl)c([N+](=O)[O-])c1. The minimum Gasteiger partial charge on any atom is -0.452 e. The third-order valence-electron chi connectivity index (χ3n) is 4.55. The summed E-state index contributed by atoms with van der Waals surface area (Å²) in [5, 5.41) is 14.8. The number of carbonyl (C=O) groups excluding carboxylic acids is 3. The Morgan fingerprint density at radius 2 is 1.84 bits per heavy atom. The molecule has 0 unspecified atom stereocenters. The van der Waals surface area contributed by atoms with Crippen LogP contribution >= 0.6 is 22.9 Å². The van der Waals surface area contributed by atoms with Crippen LogP contribution in [-0.4, -0.2) is 41.1 Å². The van der Waals surface area contributed by atoms with Gasteiger partial charge in [0.25, 0.3) is 11.6 Å². The van der Waals surface area contributed by atoms with Crippen LogP contribution in [0.25, 0.3) is 0 Å². The molecule has 0 aliphatic rings. The average molecular weight is 473 g/mol. The maximum atomic E-state index is 12.9. The van der Waals surface area contributed by atoms with Gasteiger partial charge in [0.2, 0.25) is 0 Å². The molecule has 1 heterocycles. The summed E-state index contributed by atoms with van der Waals surface area (Å²) >= 11 is 7.32. The summed E-state index contributed by atoms with van der Waals surface area (Å²) in [6.07, 6.45) is 0. The van der Waals surface area contributed by atoms with Gasteiger partial charge in [0.15, 0.2) is 12.4 Å². The van der Waals surface area contributed by atoms with E-state index < -0.39 is 34.9 Å². The lowest BCUT2D eigenvalue weighted by Crippen LogP contribution is -2.30. The van der Waals surface area contributed by atoms with Gasteiger partial charge in [0.05, 0.1) is 10.5 Å². The molecule has 1 aromatic heterocycles. The molecule has 0 atom stereocenters. The average Bonchev–Trinajstić information content (AvgIpc) is 3.29. The van der Waals surface area contributed by atoms with Crippen LogP contribution in [0.3, 0.4) is 0 Å². The van der Waals surface area contributed by atoms with E-state index >= 15 is 0 Å². The predicted octanol–water partition coefficient (Wildman–Crippen LogP) is 4.36. The van der Waals surface area contributed by atoms with Crippen LogP contribution in [0, 0.1) is 10.1 Å². The Morgan fingerprint density at radius 1 is 1.12 bits per heavy atom. The number of halogens is 1. The fourth-order valence-electron chi connectivity index (χ4n) is 2.87. The molecule has 0 N–H and O–H groups in total. The zero-order chi connectivity index (χ0) is 23.3. The lowest BCUT2D eigenvalue weighted by atomic mass is 9.98. The van der Waals surface area contributed by atoms with Gasteiger partial charge in [0.1, 0.15) is 5.02 Å². The minimum atomic E-state index is -0.852. The summed E-state index contributed by atoms with van der Waals surface area (Å²) in [6.45, 7) is -0.112. The number of benzene rings is 2. The van der Waals surface area contributed by atoms with E-state index in [1.807, 2.05) is 16.8 Å². The van der Waals surface area contributed by atoms with Gasteiger partial charge in [0, 0.05) is 30.8 Å². The number of amides is 1. The van der Waals surface area contributed by atoms with Gasteiger partial charge in [-0.2, -0.15) is 11.3 Å². The molecule has 0 aliphatic carbocycles. The van der Waals surface area contributed by atoms with Gasteiger partial charge in [-0.05, 0) is 40.6 Å². The lowest BCUT2D eigenvalue weighted by molar-refractivity contribution is -0.384. The fraction of sp³-hybridized carbons (Fsp3) is 0.136. The highest BCUT2D eigenvalue weighted by molar-refractivity contribution is 7.07.